The second-order valence-corrected chi connectivity index (χ2v) is 10.7. The maximum atomic E-state index is 12.7. The molecule has 2 aromatic rings. The molecule has 160 valence electrons. The van der Waals surface area contributed by atoms with Crippen molar-refractivity contribution in [2.45, 2.75) is 45.7 Å². The van der Waals surface area contributed by atoms with Crippen LogP contribution in [0.2, 0.25) is 0 Å². The largest absolute Gasteiger partial charge is 0.325 e. The standard InChI is InChI=1S/C20H32N6O2S/c1-5-24-10-11-26-18(17-12-22-23(4)14-17)13-21-19(26)20(24)6-8-25(9-7-20)29(27,28)15-16(2)3/h12-14,16H,5-11,15H2,1-4H3. The van der Waals surface area contributed by atoms with Gasteiger partial charge in [0.25, 0.3) is 0 Å². The van der Waals surface area contributed by atoms with Crippen LogP contribution in [-0.4, -0.2) is 68.9 Å². The van der Waals surface area contributed by atoms with Gasteiger partial charge in [0.05, 0.1) is 29.4 Å². The number of rotatable bonds is 5. The van der Waals surface area contributed by atoms with E-state index in [1.54, 1.807) is 4.31 Å². The van der Waals surface area contributed by atoms with Gasteiger partial charge in [-0.25, -0.2) is 17.7 Å². The van der Waals surface area contributed by atoms with Gasteiger partial charge in [-0.2, -0.15) is 5.10 Å². The van der Waals surface area contributed by atoms with Crippen LogP contribution in [0.15, 0.2) is 18.6 Å². The summed E-state index contributed by atoms with van der Waals surface area (Å²) in [7, 11) is -1.28. The van der Waals surface area contributed by atoms with Crippen LogP contribution in [0.25, 0.3) is 11.3 Å². The van der Waals surface area contributed by atoms with Crippen LogP contribution in [0, 0.1) is 5.92 Å². The molecule has 1 spiro atoms. The molecule has 0 N–H and O–H groups in total. The van der Waals surface area contributed by atoms with Gasteiger partial charge in [-0.05, 0) is 25.3 Å². The minimum Gasteiger partial charge on any atom is -0.325 e. The Morgan fingerprint density at radius 2 is 1.86 bits per heavy atom. The molecule has 4 heterocycles. The number of sulfonamides is 1. The summed E-state index contributed by atoms with van der Waals surface area (Å²) in [5.74, 6) is 1.43. The third-order valence-corrected chi connectivity index (χ3v) is 8.58. The van der Waals surface area contributed by atoms with E-state index >= 15 is 0 Å². The molecule has 0 amide bonds. The monoisotopic (exact) mass is 420 g/mol. The molecule has 0 atom stereocenters. The quantitative estimate of drug-likeness (QED) is 0.738. The highest BCUT2D eigenvalue weighted by molar-refractivity contribution is 7.89. The Labute approximate surface area is 173 Å². The van der Waals surface area contributed by atoms with Gasteiger partial charge >= 0.3 is 0 Å². The number of aromatic nitrogens is 4. The van der Waals surface area contributed by atoms with Gasteiger partial charge < -0.3 is 4.57 Å². The Bertz CT molecular complexity index is 969. The molecule has 9 heteroatoms. The predicted octanol–water partition coefficient (Wildman–Crippen LogP) is 1.90. The highest BCUT2D eigenvalue weighted by Gasteiger charge is 2.48. The number of piperidine rings is 1. The first-order valence-corrected chi connectivity index (χ1v) is 12.2. The minimum atomic E-state index is -3.20. The smallest absolute Gasteiger partial charge is 0.214 e. The fourth-order valence-electron chi connectivity index (χ4n) is 5.00. The van der Waals surface area contributed by atoms with E-state index in [9.17, 15) is 8.42 Å². The molecule has 0 unspecified atom stereocenters. The van der Waals surface area contributed by atoms with Crippen LogP contribution < -0.4 is 0 Å². The number of likely N-dealkylation sites (N-methyl/N-ethyl adjacent to an activating group) is 1. The summed E-state index contributed by atoms with van der Waals surface area (Å²) in [6.07, 6.45) is 7.41. The number of fused-ring (bicyclic) bond motifs is 2. The molecule has 4 rings (SSSR count). The summed E-state index contributed by atoms with van der Waals surface area (Å²) in [6.45, 7) is 10.00. The SMILES string of the molecule is CCN1CCn2c(-c3cnn(C)c3)cnc2C12CCN(S(=O)(=O)CC(C)C)CC2. The lowest BCUT2D eigenvalue weighted by Gasteiger charge is -2.50. The molecule has 2 aliphatic rings. The van der Waals surface area contributed by atoms with E-state index in [0.717, 1.165) is 49.6 Å². The number of hydrogen-bond donors (Lipinski definition) is 0. The van der Waals surface area contributed by atoms with E-state index in [1.165, 1.54) is 0 Å². The van der Waals surface area contributed by atoms with Crippen molar-refractivity contribution in [3.63, 3.8) is 0 Å². The number of hydrogen-bond acceptors (Lipinski definition) is 5. The van der Waals surface area contributed by atoms with Crippen molar-refractivity contribution in [2.24, 2.45) is 13.0 Å². The molecule has 1 fully saturated rings. The second kappa shape index (κ2) is 7.52. The zero-order chi connectivity index (χ0) is 20.8. The van der Waals surface area contributed by atoms with E-state index in [4.69, 9.17) is 4.98 Å². The van der Waals surface area contributed by atoms with Crippen LogP contribution in [0.1, 0.15) is 39.4 Å². The summed E-state index contributed by atoms with van der Waals surface area (Å²) >= 11 is 0. The van der Waals surface area contributed by atoms with Crippen LogP contribution in [0.5, 0.6) is 0 Å². The first-order chi connectivity index (χ1) is 13.8. The molecule has 8 nitrogen and oxygen atoms in total. The van der Waals surface area contributed by atoms with Crippen molar-refractivity contribution < 1.29 is 8.42 Å². The first kappa shape index (κ1) is 20.6. The highest BCUT2D eigenvalue weighted by Crippen LogP contribution is 2.42. The molecule has 0 bridgehead atoms. The topological polar surface area (TPSA) is 76.3 Å². The zero-order valence-corrected chi connectivity index (χ0v) is 18.7. The summed E-state index contributed by atoms with van der Waals surface area (Å²) in [6, 6.07) is 0. The highest BCUT2D eigenvalue weighted by atomic mass is 32.2. The normalized spacial score (nSPS) is 20.4. The lowest BCUT2D eigenvalue weighted by atomic mass is 9.84. The average molecular weight is 421 g/mol. The van der Waals surface area contributed by atoms with Crippen LogP contribution in [0.3, 0.4) is 0 Å². The molecular weight excluding hydrogens is 388 g/mol. The lowest BCUT2D eigenvalue weighted by molar-refractivity contribution is 0.0100. The number of aryl methyl sites for hydroxylation is 1. The van der Waals surface area contributed by atoms with Gasteiger partial charge in [0, 0.05) is 45.0 Å². The van der Waals surface area contributed by atoms with Crippen LogP contribution in [-0.2, 0) is 29.2 Å². The summed E-state index contributed by atoms with van der Waals surface area (Å²) in [4.78, 5) is 7.36. The number of nitrogens with zero attached hydrogens (tertiary/aromatic N) is 6. The first-order valence-electron chi connectivity index (χ1n) is 10.5. The summed E-state index contributed by atoms with van der Waals surface area (Å²) < 4.78 is 31.3. The fraction of sp³-hybridized carbons (Fsp3) is 0.700. The zero-order valence-electron chi connectivity index (χ0n) is 17.9. The summed E-state index contributed by atoms with van der Waals surface area (Å²) in [5, 5.41) is 4.31. The van der Waals surface area contributed by atoms with Crippen molar-refractivity contribution in [3.05, 3.63) is 24.4 Å². The fourth-order valence-corrected chi connectivity index (χ4v) is 6.79. The van der Waals surface area contributed by atoms with E-state index in [1.807, 2.05) is 44.2 Å². The van der Waals surface area contributed by atoms with Crippen molar-refractivity contribution in [1.29, 1.82) is 0 Å². The maximum Gasteiger partial charge on any atom is 0.214 e. The Balaban J connectivity index is 1.65. The van der Waals surface area contributed by atoms with Crippen molar-refractivity contribution >= 4 is 10.0 Å². The van der Waals surface area contributed by atoms with Crippen LogP contribution in [0.4, 0.5) is 0 Å². The molecule has 0 aliphatic carbocycles. The molecule has 0 radical (unpaired) electrons. The van der Waals surface area contributed by atoms with Crippen molar-refractivity contribution in [1.82, 2.24) is 28.5 Å². The molecular formula is C20H32N6O2S. The van der Waals surface area contributed by atoms with Gasteiger partial charge in [-0.15, -0.1) is 0 Å². The predicted molar refractivity (Wildman–Crippen MR) is 113 cm³/mol. The second-order valence-electron chi connectivity index (χ2n) is 8.70. The average Bonchev–Trinajstić information content (AvgIpc) is 3.28. The Kier molecular flexibility index (Phi) is 5.33. The Morgan fingerprint density at radius 1 is 1.14 bits per heavy atom. The minimum absolute atomic E-state index is 0.138. The van der Waals surface area contributed by atoms with Gasteiger partial charge in [0.15, 0.2) is 0 Å². The lowest BCUT2D eigenvalue weighted by Crippen LogP contribution is -2.58. The van der Waals surface area contributed by atoms with Gasteiger partial charge in [0.2, 0.25) is 10.0 Å². The Morgan fingerprint density at radius 3 is 2.45 bits per heavy atom. The van der Waals surface area contributed by atoms with Crippen molar-refractivity contribution in [3.8, 4) is 11.3 Å². The summed E-state index contributed by atoms with van der Waals surface area (Å²) in [5.41, 5.74) is 1.97. The molecule has 0 saturated carbocycles. The van der Waals surface area contributed by atoms with E-state index in [0.29, 0.717) is 13.1 Å². The third kappa shape index (κ3) is 3.53. The van der Waals surface area contributed by atoms with E-state index in [2.05, 4.69) is 21.5 Å². The van der Waals surface area contributed by atoms with Crippen molar-refractivity contribution in [2.75, 3.05) is 31.9 Å². The third-order valence-electron chi connectivity index (χ3n) is 6.34. The van der Waals surface area contributed by atoms with E-state index in [-0.39, 0.29) is 17.2 Å². The van der Waals surface area contributed by atoms with Crippen LogP contribution >= 0.6 is 0 Å². The maximum absolute atomic E-state index is 12.7. The number of imidazole rings is 1. The Hall–Kier alpha value is -1.71. The van der Waals surface area contributed by atoms with Gasteiger partial charge in [-0.1, -0.05) is 20.8 Å². The van der Waals surface area contributed by atoms with Gasteiger partial charge in [0.1, 0.15) is 5.82 Å². The molecule has 1 saturated heterocycles. The van der Waals surface area contributed by atoms with Gasteiger partial charge in [-0.3, -0.25) is 9.58 Å². The van der Waals surface area contributed by atoms with E-state index < -0.39 is 10.0 Å². The molecule has 29 heavy (non-hydrogen) atoms. The molecule has 2 aromatic heterocycles. The molecule has 2 aliphatic heterocycles. The molecule has 0 aromatic carbocycles.